The molecule has 0 radical (unpaired) electrons. The Bertz CT molecular complexity index is 1190. The molecule has 2 aromatic carbocycles. The number of carbonyl (C=O) groups excluding carboxylic acids is 2. The number of rotatable bonds is 11. The van der Waals surface area contributed by atoms with E-state index >= 15 is 0 Å². The van der Waals surface area contributed by atoms with E-state index in [1.165, 1.54) is 5.56 Å². The van der Waals surface area contributed by atoms with E-state index in [-0.39, 0.29) is 29.7 Å². The highest BCUT2D eigenvalue weighted by atomic mass is 35.5. The van der Waals surface area contributed by atoms with E-state index in [2.05, 4.69) is 34.6 Å². The SMILES string of the molecule is CC[C@H](CN1CC[C@@H](CNC(=O)c2ccc(Cl)c(Cl)c2)N[C@@H](CCN2CCC(C(=O)O)CC2)C1=O)c1ccccc1. The van der Waals surface area contributed by atoms with Gasteiger partial charge in [-0.05, 0) is 69.0 Å². The lowest BCUT2D eigenvalue weighted by Gasteiger charge is -2.32. The number of carboxylic acids is 1. The Hall–Kier alpha value is -2.65. The predicted octanol–water partition coefficient (Wildman–Crippen LogP) is 4.66. The molecular weight excluding hydrogens is 563 g/mol. The van der Waals surface area contributed by atoms with Crippen molar-refractivity contribution >= 4 is 41.0 Å². The van der Waals surface area contributed by atoms with E-state index in [0.29, 0.717) is 67.5 Å². The Balaban J connectivity index is 1.42. The Kier molecular flexibility index (Phi) is 11.5. The van der Waals surface area contributed by atoms with Crippen LogP contribution in [0.3, 0.4) is 0 Å². The minimum Gasteiger partial charge on any atom is -0.481 e. The van der Waals surface area contributed by atoms with Crippen LogP contribution < -0.4 is 10.6 Å². The fourth-order valence-corrected chi connectivity index (χ4v) is 6.06. The van der Waals surface area contributed by atoms with Crippen LogP contribution in [0.4, 0.5) is 0 Å². The number of carboxylic acid groups (broad SMARTS) is 1. The normalized spacial score (nSPS) is 21.3. The minimum atomic E-state index is -0.726. The van der Waals surface area contributed by atoms with Crippen LogP contribution in [0, 0.1) is 5.92 Å². The highest BCUT2D eigenvalue weighted by Gasteiger charge is 2.33. The maximum Gasteiger partial charge on any atom is 0.306 e. The second-order valence-corrected chi connectivity index (χ2v) is 11.9. The standard InChI is InChI=1S/C31H40Cl2N4O4/c1-2-21(22-6-4-3-5-7-22)20-37-17-12-25(19-34-29(38)24-8-9-26(32)27(33)18-24)35-28(30(37)39)13-16-36-14-10-23(11-15-36)31(40)41/h3-9,18,21,23,25,28,35H,2,10-17,19-20H2,1H3,(H,34,38)(H,40,41)/t21-,25+,28+/m1/s1. The van der Waals surface area contributed by atoms with Crippen molar-refractivity contribution in [3.8, 4) is 0 Å². The molecule has 8 nitrogen and oxygen atoms in total. The summed E-state index contributed by atoms with van der Waals surface area (Å²) < 4.78 is 0. The second-order valence-electron chi connectivity index (χ2n) is 11.1. The minimum absolute atomic E-state index is 0.0816. The van der Waals surface area contributed by atoms with E-state index in [1.807, 2.05) is 23.1 Å². The Morgan fingerprint density at radius 3 is 2.44 bits per heavy atom. The van der Waals surface area contributed by atoms with Crippen molar-refractivity contribution in [1.29, 1.82) is 0 Å². The quantitative estimate of drug-likeness (QED) is 0.346. The summed E-state index contributed by atoms with van der Waals surface area (Å²) in [5.41, 5.74) is 1.66. The number of aliphatic carboxylic acids is 1. The van der Waals surface area contributed by atoms with Gasteiger partial charge in [0.15, 0.2) is 0 Å². The molecule has 2 fully saturated rings. The zero-order valence-electron chi connectivity index (χ0n) is 23.5. The monoisotopic (exact) mass is 602 g/mol. The number of likely N-dealkylation sites (tertiary alicyclic amines) is 1. The lowest BCUT2D eigenvalue weighted by atomic mass is 9.95. The number of nitrogens with one attached hydrogen (secondary N) is 2. The van der Waals surface area contributed by atoms with Gasteiger partial charge >= 0.3 is 5.97 Å². The third kappa shape index (κ3) is 8.67. The maximum absolute atomic E-state index is 13.9. The Morgan fingerprint density at radius 1 is 1.05 bits per heavy atom. The summed E-state index contributed by atoms with van der Waals surface area (Å²) >= 11 is 12.1. The molecule has 2 heterocycles. The molecule has 0 saturated carbocycles. The van der Waals surface area contributed by atoms with Gasteiger partial charge in [-0.2, -0.15) is 0 Å². The number of benzene rings is 2. The molecule has 0 spiro atoms. The van der Waals surface area contributed by atoms with E-state index in [9.17, 15) is 19.5 Å². The maximum atomic E-state index is 13.9. The van der Waals surface area contributed by atoms with Gasteiger partial charge in [-0.3, -0.25) is 14.4 Å². The largest absolute Gasteiger partial charge is 0.481 e. The van der Waals surface area contributed by atoms with Gasteiger partial charge in [-0.1, -0.05) is 60.5 Å². The summed E-state index contributed by atoms with van der Waals surface area (Å²) in [4.78, 5) is 42.3. The van der Waals surface area contributed by atoms with Crippen LogP contribution in [0.5, 0.6) is 0 Å². The van der Waals surface area contributed by atoms with Crippen LogP contribution in [0.25, 0.3) is 0 Å². The number of hydrogen-bond donors (Lipinski definition) is 3. The first-order valence-electron chi connectivity index (χ1n) is 14.5. The van der Waals surface area contributed by atoms with Gasteiger partial charge in [0.2, 0.25) is 5.91 Å². The van der Waals surface area contributed by atoms with Crippen molar-refractivity contribution in [3.63, 3.8) is 0 Å². The highest BCUT2D eigenvalue weighted by molar-refractivity contribution is 6.42. The van der Waals surface area contributed by atoms with Gasteiger partial charge in [0.05, 0.1) is 22.0 Å². The molecule has 3 atom stereocenters. The fraction of sp³-hybridized carbons (Fsp3) is 0.516. The molecule has 2 aromatic rings. The van der Waals surface area contributed by atoms with E-state index < -0.39 is 12.0 Å². The van der Waals surface area contributed by atoms with Gasteiger partial charge in [-0.25, -0.2) is 0 Å². The molecule has 222 valence electrons. The molecule has 0 aliphatic carbocycles. The topological polar surface area (TPSA) is 102 Å². The molecule has 2 aliphatic rings. The van der Waals surface area contributed by atoms with E-state index in [1.54, 1.807) is 18.2 Å². The first-order chi connectivity index (χ1) is 19.7. The summed E-state index contributed by atoms with van der Waals surface area (Å²) in [6, 6.07) is 14.6. The number of carbonyl (C=O) groups is 3. The van der Waals surface area contributed by atoms with Crippen LogP contribution in [0.2, 0.25) is 10.0 Å². The van der Waals surface area contributed by atoms with Gasteiger partial charge in [-0.15, -0.1) is 0 Å². The number of hydrogen-bond acceptors (Lipinski definition) is 5. The van der Waals surface area contributed by atoms with Crippen molar-refractivity contribution in [2.45, 2.75) is 57.0 Å². The summed E-state index contributed by atoms with van der Waals surface area (Å²) in [7, 11) is 0. The Morgan fingerprint density at radius 2 is 1.78 bits per heavy atom. The number of piperidine rings is 1. The van der Waals surface area contributed by atoms with Crippen molar-refractivity contribution in [2.75, 3.05) is 39.3 Å². The Labute approximate surface area is 252 Å². The molecule has 0 bridgehead atoms. The first kappa shape index (κ1) is 31.3. The molecular formula is C31H40Cl2N4O4. The predicted molar refractivity (Wildman–Crippen MR) is 162 cm³/mol. The average Bonchev–Trinajstić information content (AvgIpc) is 3.13. The molecule has 41 heavy (non-hydrogen) atoms. The molecule has 0 aromatic heterocycles. The van der Waals surface area contributed by atoms with E-state index in [4.69, 9.17) is 23.2 Å². The smallest absolute Gasteiger partial charge is 0.306 e. The van der Waals surface area contributed by atoms with Crippen molar-refractivity contribution in [3.05, 3.63) is 69.7 Å². The average molecular weight is 604 g/mol. The first-order valence-corrected chi connectivity index (χ1v) is 15.3. The van der Waals surface area contributed by atoms with E-state index in [0.717, 1.165) is 19.5 Å². The van der Waals surface area contributed by atoms with Crippen molar-refractivity contribution in [2.24, 2.45) is 5.92 Å². The molecule has 4 rings (SSSR count). The summed E-state index contributed by atoms with van der Waals surface area (Å²) in [6.07, 6.45) is 3.51. The fourth-order valence-electron chi connectivity index (χ4n) is 5.76. The third-order valence-electron chi connectivity index (χ3n) is 8.36. The number of amides is 2. The van der Waals surface area contributed by atoms with Crippen molar-refractivity contribution in [1.82, 2.24) is 20.4 Å². The third-order valence-corrected chi connectivity index (χ3v) is 9.10. The van der Waals surface area contributed by atoms with Crippen molar-refractivity contribution < 1.29 is 19.5 Å². The summed E-state index contributed by atoms with van der Waals surface area (Å²) in [5, 5.41) is 16.6. The number of halogens is 2. The molecule has 3 N–H and O–H groups in total. The lowest BCUT2D eigenvalue weighted by molar-refractivity contribution is -0.143. The molecule has 0 unspecified atom stereocenters. The molecule has 2 aliphatic heterocycles. The van der Waals surface area contributed by atoms with Gasteiger partial charge in [0, 0.05) is 43.7 Å². The zero-order valence-corrected chi connectivity index (χ0v) is 25.0. The molecule has 2 amide bonds. The second kappa shape index (κ2) is 15.0. The van der Waals surface area contributed by atoms with Crippen LogP contribution in [-0.2, 0) is 9.59 Å². The lowest BCUT2D eigenvalue weighted by Crippen LogP contribution is -2.50. The number of nitrogens with zero attached hydrogens (tertiary/aromatic N) is 2. The van der Waals surface area contributed by atoms with Gasteiger partial charge < -0.3 is 25.5 Å². The highest BCUT2D eigenvalue weighted by Crippen LogP contribution is 2.24. The van der Waals surface area contributed by atoms with Gasteiger partial charge in [0.25, 0.3) is 5.91 Å². The molecule has 10 heteroatoms. The van der Waals surface area contributed by atoms with Crippen LogP contribution >= 0.6 is 23.2 Å². The van der Waals surface area contributed by atoms with Gasteiger partial charge in [0.1, 0.15) is 0 Å². The summed E-state index contributed by atoms with van der Waals surface area (Å²) in [6.45, 7) is 5.91. The summed E-state index contributed by atoms with van der Waals surface area (Å²) in [5.74, 6) is -0.937. The zero-order chi connectivity index (χ0) is 29.4. The van der Waals surface area contributed by atoms with Crippen LogP contribution in [0.1, 0.15) is 60.9 Å². The molecule has 2 saturated heterocycles. The van der Waals surface area contributed by atoms with Crippen LogP contribution in [0.15, 0.2) is 48.5 Å². The van der Waals surface area contributed by atoms with Crippen LogP contribution in [-0.4, -0.2) is 84.0 Å².